The van der Waals surface area contributed by atoms with Crippen LogP contribution in [0.1, 0.15) is 30.0 Å². The van der Waals surface area contributed by atoms with Crippen molar-refractivity contribution < 1.29 is 33.5 Å². The highest BCUT2D eigenvalue weighted by Crippen LogP contribution is 2.51. The first-order chi connectivity index (χ1) is 14.5. The minimum absolute atomic E-state index is 0.0535. The molecule has 2 aromatic rings. The lowest BCUT2D eigenvalue weighted by molar-refractivity contribution is -0.159. The maximum absolute atomic E-state index is 14.4. The van der Waals surface area contributed by atoms with Crippen molar-refractivity contribution in [3.63, 3.8) is 0 Å². The Labute approximate surface area is 184 Å². The SMILES string of the molecule is Cc1onc(-c2c(F)ccc(O)c2Cl)c1C(=O)N[C@@H]1C(=O)N2[C@@H]1SC(C)(C)[C@@H]2C(=O)O. The molecule has 9 nitrogen and oxygen atoms in total. The fraction of sp³-hybridized carbons (Fsp3) is 0.368. The maximum atomic E-state index is 14.4. The smallest absolute Gasteiger partial charge is 0.327 e. The number of nitrogens with one attached hydrogen (secondary N) is 1. The Morgan fingerprint density at radius 3 is 2.71 bits per heavy atom. The number of phenolic OH excluding ortho intramolecular Hbond substituents is 1. The molecule has 0 spiro atoms. The number of phenols is 1. The van der Waals surface area contributed by atoms with Crippen molar-refractivity contribution in [1.29, 1.82) is 0 Å². The highest BCUT2D eigenvalue weighted by Gasteiger charge is 2.64. The molecule has 0 bridgehead atoms. The minimum atomic E-state index is -1.12. The number of amides is 2. The Kier molecular flexibility index (Phi) is 4.93. The summed E-state index contributed by atoms with van der Waals surface area (Å²) >= 11 is 7.29. The number of hydrogen-bond donors (Lipinski definition) is 3. The van der Waals surface area contributed by atoms with E-state index in [2.05, 4.69) is 10.5 Å². The van der Waals surface area contributed by atoms with Crippen LogP contribution in [0, 0.1) is 12.7 Å². The van der Waals surface area contributed by atoms with Crippen LogP contribution in [-0.4, -0.2) is 60.3 Å². The third-order valence-corrected chi connectivity index (χ3v) is 7.31. The van der Waals surface area contributed by atoms with Gasteiger partial charge in [-0.1, -0.05) is 16.8 Å². The number of carboxylic acid groups (broad SMARTS) is 1. The number of benzene rings is 1. The van der Waals surface area contributed by atoms with Gasteiger partial charge in [-0.25, -0.2) is 9.18 Å². The first-order valence-corrected chi connectivity index (χ1v) is 10.4. The number of hydrogen-bond acceptors (Lipinski definition) is 7. The summed E-state index contributed by atoms with van der Waals surface area (Å²) in [7, 11) is 0. The number of carboxylic acids is 1. The molecule has 164 valence electrons. The van der Waals surface area contributed by atoms with Crippen molar-refractivity contribution in [3.8, 4) is 17.0 Å². The first-order valence-electron chi connectivity index (χ1n) is 9.13. The second-order valence-corrected chi connectivity index (χ2v) is 9.92. The molecule has 3 N–H and O–H groups in total. The zero-order valence-corrected chi connectivity index (χ0v) is 18.0. The molecular formula is C19H17ClFN3O6S. The molecule has 2 aliphatic heterocycles. The largest absolute Gasteiger partial charge is 0.506 e. The Hall–Kier alpha value is -2.79. The number of halogens is 2. The molecule has 2 aliphatic rings. The summed E-state index contributed by atoms with van der Waals surface area (Å²) in [4.78, 5) is 38.5. The number of thioether (sulfide) groups is 1. The molecule has 1 aromatic carbocycles. The molecular weight excluding hydrogens is 453 g/mol. The number of aromatic nitrogens is 1. The van der Waals surface area contributed by atoms with E-state index in [1.54, 1.807) is 13.8 Å². The summed E-state index contributed by atoms with van der Waals surface area (Å²) in [6.07, 6.45) is 0. The lowest BCUT2D eigenvalue weighted by Gasteiger charge is -2.43. The van der Waals surface area contributed by atoms with E-state index < -0.39 is 51.6 Å². The number of rotatable bonds is 4. The van der Waals surface area contributed by atoms with Crippen LogP contribution in [0.2, 0.25) is 5.02 Å². The number of aromatic hydroxyl groups is 1. The molecule has 2 fully saturated rings. The van der Waals surface area contributed by atoms with Crippen LogP contribution in [0.15, 0.2) is 16.7 Å². The second-order valence-electron chi connectivity index (χ2n) is 7.77. The van der Waals surface area contributed by atoms with Crippen molar-refractivity contribution in [1.82, 2.24) is 15.4 Å². The number of aryl methyl sites for hydroxylation is 1. The number of β-lactam (4-membered cyclic amide) rings is 1. The Balaban J connectivity index is 1.64. The third kappa shape index (κ3) is 3.14. The normalized spacial score (nSPS) is 24.0. The summed E-state index contributed by atoms with van der Waals surface area (Å²) < 4.78 is 18.7. The van der Waals surface area contributed by atoms with Gasteiger partial charge < -0.3 is 25.0 Å². The summed E-state index contributed by atoms with van der Waals surface area (Å²) in [5.74, 6) is -3.58. The zero-order valence-electron chi connectivity index (χ0n) is 16.5. The van der Waals surface area contributed by atoms with E-state index in [1.807, 2.05) is 0 Å². The number of fused-ring (bicyclic) bond motifs is 1. The monoisotopic (exact) mass is 469 g/mol. The van der Waals surface area contributed by atoms with Crippen LogP contribution in [-0.2, 0) is 9.59 Å². The Morgan fingerprint density at radius 2 is 2.06 bits per heavy atom. The van der Waals surface area contributed by atoms with Crippen LogP contribution >= 0.6 is 23.4 Å². The highest BCUT2D eigenvalue weighted by atomic mass is 35.5. The van der Waals surface area contributed by atoms with Crippen molar-refractivity contribution in [2.45, 2.75) is 43.0 Å². The van der Waals surface area contributed by atoms with E-state index in [-0.39, 0.29) is 27.6 Å². The van der Waals surface area contributed by atoms with Gasteiger partial charge >= 0.3 is 5.97 Å². The van der Waals surface area contributed by atoms with Gasteiger partial charge in [-0.15, -0.1) is 11.8 Å². The predicted molar refractivity (Wildman–Crippen MR) is 108 cm³/mol. The highest BCUT2D eigenvalue weighted by molar-refractivity contribution is 8.01. The van der Waals surface area contributed by atoms with Gasteiger partial charge in [0.25, 0.3) is 5.91 Å². The van der Waals surface area contributed by atoms with Crippen molar-refractivity contribution in [2.75, 3.05) is 0 Å². The van der Waals surface area contributed by atoms with E-state index in [4.69, 9.17) is 16.1 Å². The van der Waals surface area contributed by atoms with Gasteiger partial charge in [-0.05, 0) is 32.9 Å². The maximum Gasteiger partial charge on any atom is 0.327 e. The molecule has 2 amide bonds. The fourth-order valence-electron chi connectivity index (χ4n) is 3.93. The van der Waals surface area contributed by atoms with Gasteiger partial charge in [-0.2, -0.15) is 0 Å². The molecule has 2 saturated heterocycles. The average molecular weight is 470 g/mol. The van der Waals surface area contributed by atoms with Gasteiger partial charge in [0.15, 0.2) is 0 Å². The van der Waals surface area contributed by atoms with Crippen LogP contribution in [0.25, 0.3) is 11.3 Å². The van der Waals surface area contributed by atoms with Crippen LogP contribution in [0.4, 0.5) is 4.39 Å². The fourth-order valence-corrected chi connectivity index (χ4v) is 5.80. The Morgan fingerprint density at radius 1 is 1.39 bits per heavy atom. The van der Waals surface area contributed by atoms with Crippen molar-refractivity contribution in [2.24, 2.45) is 0 Å². The summed E-state index contributed by atoms with van der Waals surface area (Å²) in [5.41, 5.74) is -0.679. The standard InChI is InChI=1S/C19H17ClFN3O6S/c1-6-9(12(23-30-6)10-7(21)4-5-8(25)11(10)20)15(26)22-13-16(27)24-14(18(28)29)19(2,3)31-17(13)24/h4-5,13-14,17,25H,1-3H3,(H,22,26)(H,28,29)/t13-,14+,17-/m1/s1. The molecule has 3 heterocycles. The van der Waals surface area contributed by atoms with E-state index in [9.17, 15) is 29.0 Å². The lowest BCUT2D eigenvalue weighted by Crippen LogP contribution is -2.70. The van der Waals surface area contributed by atoms with E-state index in [0.29, 0.717) is 0 Å². The van der Waals surface area contributed by atoms with Gasteiger partial charge in [-0.3, -0.25) is 9.59 Å². The first kappa shape index (κ1) is 21.4. The van der Waals surface area contributed by atoms with Crippen molar-refractivity contribution >= 4 is 41.1 Å². The molecule has 12 heteroatoms. The predicted octanol–water partition coefficient (Wildman–Crippen LogP) is 2.39. The average Bonchev–Trinajstić information content (AvgIpc) is 3.18. The summed E-state index contributed by atoms with van der Waals surface area (Å²) in [6, 6.07) is 0.0516. The van der Waals surface area contributed by atoms with Crippen LogP contribution in [0.3, 0.4) is 0 Å². The molecule has 0 unspecified atom stereocenters. The quantitative estimate of drug-likeness (QED) is 0.581. The number of carbonyl (C=O) groups excluding carboxylic acids is 2. The van der Waals surface area contributed by atoms with Gasteiger partial charge in [0, 0.05) is 4.75 Å². The molecule has 31 heavy (non-hydrogen) atoms. The molecule has 1 aromatic heterocycles. The molecule has 4 rings (SSSR count). The topological polar surface area (TPSA) is 133 Å². The number of nitrogens with zero attached hydrogens (tertiary/aromatic N) is 2. The van der Waals surface area contributed by atoms with Crippen LogP contribution < -0.4 is 5.32 Å². The second kappa shape index (κ2) is 7.13. The zero-order chi connectivity index (χ0) is 22.8. The summed E-state index contributed by atoms with van der Waals surface area (Å²) in [6.45, 7) is 4.87. The summed E-state index contributed by atoms with van der Waals surface area (Å²) in [5, 5.41) is 24.7. The van der Waals surface area contributed by atoms with Gasteiger partial charge in [0.05, 0.1) is 10.6 Å². The number of carbonyl (C=O) groups is 3. The van der Waals surface area contributed by atoms with Crippen molar-refractivity contribution in [3.05, 3.63) is 34.3 Å². The van der Waals surface area contributed by atoms with E-state index in [1.165, 1.54) is 23.6 Å². The van der Waals surface area contributed by atoms with E-state index >= 15 is 0 Å². The third-order valence-electron chi connectivity index (χ3n) is 5.36. The van der Waals surface area contributed by atoms with E-state index in [0.717, 1.165) is 12.1 Å². The molecule has 3 atom stereocenters. The molecule has 0 aliphatic carbocycles. The Bertz CT molecular complexity index is 1140. The number of aliphatic carboxylic acids is 1. The van der Waals surface area contributed by atoms with Gasteiger partial charge in [0.2, 0.25) is 5.91 Å². The van der Waals surface area contributed by atoms with Crippen LogP contribution in [0.5, 0.6) is 5.75 Å². The lowest BCUT2D eigenvalue weighted by atomic mass is 9.95. The van der Waals surface area contributed by atoms with Gasteiger partial charge in [0.1, 0.15) is 46.0 Å². The molecule has 0 saturated carbocycles. The minimum Gasteiger partial charge on any atom is -0.506 e. The molecule has 0 radical (unpaired) electrons.